The Morgan fingerprint density at radius 1 is 1.20 bits per heavy atom. The highest BCUT2D eigenvalue weighted by Crippen LogP contribution is 2.52. The van der Waals surface area contributed by atoms with Crippen LogP contribution in [-0.2, 0) is 17.7 Å². The molecule has 0 saturated heterocycles. The number of halogens is 2. The van der Waals surface area contributed by atoms with Crippen LogP contribution < -0.4 is 5.56 Å². The number of hydrogen-bond donors (Lipinski definition) is 1. The van der Waals surface area contributed by atoms with E-state index in [9.17, 15) is 23.9 Å². The molecule has 2 aromatic rings. The van der Waals surface area contributed by atoms with E-state index >= 15 is 0 Å². The zero-order chi connectivity index (χ0) is 24.6. The van der Waals surface area contributed by atoms with Gasteiger partial charge in [-0.1, -0.05) is 17.7 Å². The van der Waals surface area contributed by atoms with Gasteiger partial charge in [0.1, 0.15) is 17.7 Å². The van der Waals surface area contributed by atoms with E-state index in [0.717, 1.165) is 19.3 Å². The van der Waals surface area contributed by atoms with Crippen LogP contribution in [0.15, 0.2) is 23.0 Å². The van der Waals surface area contributed by atoms with E-state index in [0.29, 0.717) is 30.7 Å². The molecule has 3 atom stereocenters. The van der Waals surface area contributed by atoms with Crippen LogP contribution in [0.3, 0.4) is 0 Å². The molecule has 2 fully saturated rings. The quantitative estimate of drug-likeness (QED) is 0.657. The molecule has 0 spiro atoms. The van der Waals surface area contributed by atoms with Gasteiger partial charge in [-0.25, -0.2) is 4.39 Å². The van der Waals surface area contributed by atoms with Gasteiger partial charge in [0.15, 0.2) is 5.75 Å². The second kappa shape index (κ2) is 8.06. The molecule has 2 amide bonds. The monoisotopic (exact) mass is 501 g/mol. The van der Waals surface area contributed by atoms with Crippen molar-refractivity contribution in [3.63, 3.8) is 0 Å². The zero-order valence-corrected chi connectivity index (χ0v) is 19.9. The third kappa shape index (κ3) is 3.47. The third-order valence-corrected chi connectivity index (χ3v) is 7.92. The van der Waals surface area contributed by atoms with Crippen LogP contribution in [0, 0.1) is 17.7 Å². The van der Waals surface area contributed by atoms with Gasteiger partial charge in [0, 0.05) is 37.7 Å². The van der Waals surface area contributed by atoms with Crippen molar-refractivity contribution >= 4 is 23.4 Å². The molecule has 1 unspecified atom stereocenters. The van der Waals surface area contributed by atoms with E-state index in [1.807, 2.05) is 0 Å². The highest BCUT2D eigenvalue weighted by Gasteiger charge is 2.56. The van der Waals surface area contributed by atoms with E-state index in [1.165, 1.54) is 27.7 Å². The molecule has 3 heterocycles. The SMILES string of the molecule is COC[C@@H]1C[C@@H]1N1C(=O)c2c3c(c(O)c(=O)n2C1C1CC1)C(=O)N(Cc1ccc(F)c(Cl)c1)CC3. The van der Waals surface area contributed by atoms with Gasteiger partial charge in [-0.15, -0.1) is 0 Å². The molecule has 2 aliphatic heterocycles. The second-order valence-corrected chi connectivity index (χ2v) is 10.3. The molecule has 6 rings (SSSR count). The number of nitrogens with zero attached hydrogens (tertiary/aromatic N) is 3. The first-order valence-corrected chi connectivity index (χ1v) is 12.2. The number of rotatable bonds is 6. The van der Waals surface area contributed by atoms with Crippen molar-refractivity contribution in [3.05, 3.63) is 61.8 Å². The lowest BCUT2D eigenvalue weighted by molar-refractivity contribution is 0.0608. The Hall–Kier alpha value is -2.91. The molecule has 0 bridgehead atoms. The summed E-state index contributed by atoms with van der Waals surface area (Å²) in [6.07, 6.45) is 2.52. The van der Waals surface area contributed by atoms with E-state index in [2.05, 4.69) is 0 Å². The first kappa shape index (κ1) is 22.5. The number of fused-ring (bicyclic) bond motifs is 3. The van der Waals surface area contributed by atoms with Crippen LogP contribution >= 0.6 is 11.6 Å². The first-order valence-electron chi connectivity index (χ1n) is 11.9. The summed E-state index contributed by atoms with van der Waals surface area (Å²) in [5.74, 6) is -1.55. The molecule has 1 aromatic heterocycles. The highest BCUT2D eigenvalue weighted by molar-refractivity contribution is 6.30. The number of methoxy groups -OCH3 is 1. The molecular weight excluding hydrogens is 477 g/mol. The van der Waals surface area contributed by atoms with E-state index < -0.39 is 29.2 Å². The Kier molecular flexibility index (Phi) is 5.19. The van der Waals surface area contributed by atoms with Crippen molar-refractivity contribution in [2.24, 2.45) is 11.8 Å². The summed E-state index contributed by atoms with van der Waals surface area (Å²) < 4.78 is 20.3. The minimum atomic E-state index is -0.699. The molecule has 8 nitrogen and oxygen atoms in total. The summed E-state index contributed by atoms with van der Waals surface area (Å²) >= 11 is 5.88. The minimum Gasteiger partial charge on any atom is -0.502 e. The number of ether oxygens (including phenoxy) is 1. The number of carbonyl (C=O) groups is 2. The molecular formula is C25H25ClFN3O5. The van der Waals surface area contributed by atoms with Crippen molar-refractivity contribution in [3.8, 4) is 5.75 Å². The molecule has 10 heteroatoms. The standard InChI is InChI=1S/C25H25ClFN3O5/c1-35-11-14-9-18(14)29-22(13-3-4-13)30-20(24(29)33)15-6-7-28(23(32)19(15)21(31)25(30)34)10-12-2-5-17(27)16(26)8-12/h2,5,8,13-14,18,22,31H,3-4,6-7,9-11H2,1H3/t14-,18-,22?/m0/s1. The average Bonchev–Trinajstić information content (AvgIpc) is 3.75. The number of pyridine rings is 1. The maximum absolute atomic E-state index is 13.7. The highest BCUT2D eigenvalue weighted by atomic mass is 35.5. The first-order chi connectivity index (χ1) is 16.8. The normalized spacial score (nSPS) is 25.2. The van der Waals surface area contributed by atoms with Crippen LogP contribution in [0.25, 0.3) is 0 Å². The Morgan fingerprint density at radius 2 is 1.97 bits per heavy atom. The number of hydrogen-bond acceptors (Lipinski definition) is 5. The number of amides is 2. The second-order valence-electron chi connectivity index (χ2n) is 9.93. The fourth-order valence-electron chi connectivity index (χ4n) is 5.71. The topological polar surface area (TPSA) is 92.1 Å². The molecule has 35 heavy (non-hydrogen) atoms. The van der Waals surface area contributed by atoms with Crippen molar-refractivity contribution < 1.29 is 23.8 Å². The van der Waals surface area contributed by atoms with Crippen LogP contribution in [0.5, 0.6) is 5.75 Å². The number of aromatic nitrogens is 1. The average molecular weight is 502 g/mol. The fraction of sp³-hybridized carbons (Fsp3) is 0.480. The minimum absolute atomic E-state index is 0.0100. The van der Waals surface area contributed by atoms with E-state index in [-0.39, 0.29) is 46.6 Å². The zero-order valence-electron chi connectivity index (χ0n) is 19.2. The van der Waals surface area contributed by atoms with Gasteiger partial charge in [-0.2, -0.15) is 0 Å². The number of carbonyl (C=O) groups excluding carboxylic acids is 2. The van der Waals surface area contributed by atoms with Gasteiger partial charge in [0.2, 0.25) is 0 Å². The summed E-state index contributed by atoms with van der Waals surface area (Å²) in [4.78, 5) is 43.8. The summed E-state index contributed by atoms with van der Waals surface area (Å²) in [6.45, 7) is 0.978. The van der Waals surface area contributed by atoms with Crippen LogP contribution in [0.4, 0.5) is 4.39 Å². The lowest BCUT2D eigenvalue weighted by atomic mass is 9.95. The van der Waals surface area contributed by atoms with Gasteiger partial charge < -0.3 is 19.6 Å². The maximum atomic E-state index is 13.7. The molecule has 2 aliphatic carbocycles. The lowest BCUT2D eigenvalue weighted by Crippen LogP contribution is -2.40. The van der Waals surface area contributed by atoms with E-state index in [4.69, 9.17) is 16.3 Å². The third-order valence-electron chi connectivity index (χ3n) is 7.63. The Labute approximate surface area is 205 Å². The van der Waals surface area contributed by atoms with Crippen molar-refractivity contribution in [1.29, 1.82) is 0 Å². The molecule has 184 valence electrons. The molecule has 4 aliphatic rings. The van der Waals surface area contributed by atoms with Gasteiger partial charge >= 0.3 is 0 Å². The van der Waals surface area contributed by atoms with Crippen LogP contribution in [0.1, 0.15) is 57.4 Å². The van der Waals surface area contributed by atoms with Crippen LogP contribution in [0.2, 0.25) is 5.02 Å². The Morgan fingerprint density at radius 3 is 2.66 bits per heavy atom. The number of benzene rings is 1. The van der Waals surface area contributed by atoms with Crippen molar-refractivity contribution in [2.75, 3.05) is 20.3 Å². The summed E-state index contributed by atoms with van der Waals surface area (Å²) in [7, 11) is 1.63. The molecule has 1 N–H and O–H groups in total. The Bertz CT molecular complexity index is 1320. The Balaban J connectivity index is 1.38. The van der Waals surface area contributed by atoms with Gasteiger partial charge in [-0.05, 0) is 49.3 Å². The summed E-state index contributed by atoms with van der Waals surface area (Å²) in [5, 5.41) is 10.9. The smallest absolute Gasteiger partial charge is 0.295 e. The van der Waals surface area contributed by atoms with Crippen molar-refractivity contribution in [1.82, 2.24) is 14.4 Å². The van der Waals surface area contributed by atoms with E-state index in [1.54, 1.807) is 12.0 Å². The van der Waals surface area contributed by atoms with Gasteiger partial charge in [0.05, 0.1) is 17.2 Å². The van der Waals surface area contributed by atoms with Gasteiger partial charge in [-0.3, -0.25) is 19.0 Å². The predicted molar refractivity (Wildman–Crippen MR) is 124 cm³/mol. The maximum Gasteiger partial charge on any atom is 0.295 e. The predicted octanol–water partition coefficient (Wildman–Crippen LogP) is 2.94. The summed E-state index contributed by atoms with van der Waals surface area (Å²) in [5.41, 5.74) is 0.493. The summed E-state index contributed by atoms with van der Waals surface area (Å²) in [6, 6.07) is 4.21. The molecule has 1 aromatic carbocycles. The lowest BCUT2D eigenvalue weighted by Gasteiger charge is -2.30. The largest absolute Gasteiger partial charge is 0.502 e. The fourth-order valence-corrected chi connectivity index (χ4v) is 5.92. The molecule has 0 radical (unpaired) electrons. The van der Waals surface area contributed by atoms with Crippen LogP contribution in [-0.4, -0.2) is 57.6 Å². The van der Waals surface area contributed by atoms with Gasteiger partial charge in [0.25, 0.3) is 17.4 Å². The van der Waals surface area contributed by atoms with Crippen molar-refractivity contribution in [2.45, 2.75) is 44.4 Å². The molecule has 2 saturated carbocycles. The number of aromatic hydroxyl groups is 1.